The van der Waals surface area contributed by atoms with Crippen molar-refractivity contribution in [1.82, 2.24) is 0 Å². The van der Waals surface area contributed by atoms with Crippen LogP contribution in [-0.4, -0.2) is 90.7 Å². The number of non-ortho nitro benzene ring substituents is 2. The maximum atomic E-state index is 12.4. The summed E-state index contributed by atoms with van der Waals surface area (Å²) < 4.78 is 68.8. The third-order valence-electron chi connectivity index (χ3n) is 7.07. The normalized spacial score (nSPS) is 12.0. The summed E-state index contributed by atoms with van der Waals surface area (Å²) in [5.41, 5.74) is -6.05. The van der Waals surface area contributed by atoms with Gasteiger partial charge in [-0.15, -0.1) is 25.6 Å². The van der Waals surface area contributed by atoms with Gasteiger partial charge in [0.2, 0.25) is 5.75 Å². The average Bonchev–Trinajstić information content (AvgIpc) is 3.09. The van der Waals surface area contributed by atoms with Crippen LogP contribution in [0.25, 0.3) is 10.8 Å². The predicted octanol–water partition coefficient (Wildman–Crippen LogP) is 6.75. The number of nitro benzene ring substituents is 3. The van der Waals surface area contributed by atoms with Gasteiger partial charge in [0, 0.05) is 59.9 Å². The molecule has 0 spiro atoms. The zero-order chi connectivity index (χ0) is 40.6. The minimum atomic E-state index is -5.43. The first kappa shape index (κ1) is 42.1. The SMILES string of the molecule is O=[N+]([O-])c1ccc(N=Nc2cc(N=Nc3cc(S(=O)(=O)O)cc4cc(S(=O)(=O)O)c(N=Nc5cc([N+](=O)[O-])cc([N+](=O)[O-])c5O)c(O)c34)c(O)cc2O)cc1.[Na]. The molecular weight excluding hydrogens is 805 g/mol. The Bertz CT molecular complexity index is 2800. The molecule has 0 aliphatic carbocycles. The molecule has 0 aromatic heterocycles. The fourth-order valence-electron chi connectivity index (χ4n) is 4.55. The summed E-state index contributed by atoms with van der Waals surface area (Å²) in [6.45, 7) is 0. The van der Waals surface area contributed by atoms with Crippen molar-refractivity contribution in [2.75, 3.05) is 0 Å². The van der Waals surface area contributed by atoms with Gasteiger partial charge in [0.25, 0.3) is 31.6 Å². The van der Waals surface area contributed by atoms with Gasteiger partial charge >= 0.3 is 5.69 Å². The van der Waals surface area contributed by atoms with E-state index in [2.05, 4.69) is 30.7 Å². The topological polar surface area (TPSA) is 393 Å². The second-order valence-electron chi connectivity index (χ2n) is 10.6. The smallest absolute Gasteiger partial charge is 0.319 e. The predicted molar refractivity (Wildman–Crippen MR) is 188 cm³/mol. The van der Waals surface area contributed by atoms with E-state index in [4.69, 9.17) is 0 Å². The molecule has 5 aromatic rings. The van der Waals surface area contributed by atoms with Crippen molar-refractivity contribution in [2.45, 2.75) is 9.79 Å². The van der Waals surface area contributed by atoms with Gasteiger partial charge in [-0.05, 0) is 35.7 Å². The molecular formula is C28H17N9NaO16S2. The number of phenolic OH excluding ortho intramolecular Hbond substituents is 4. The van der Waals surface area contributed by atoms with Gasteiger partial charge in [0.05, 0.1) is 42.5 Å². The summed E-state index contributed by atoms with van der Waals surface area (Å²) in [6.07, 6.45) is 0. The van der Waals surface area contributed by atoms with Crippen molar-refractivity contribution >= 4 is 112 Å². The van der Waals surface area contributed by atoms with Crippen LogP contribution in [0.15, 0.2) is 107 Å². The number of hydrogen-bond acceptors (Lipinski definition) is 20. The number of nitrogens with zero attached hydrogens (tertiary/aromatic N) is 9. The fraction of sp³-hybridized carbons (Fsp3) is 0. The second-order valence-corrected chi connectivity index (χ2v) is 13.4. The van der Waals surface area contributed by atoms with Crippen LogP contribution in [0.3, 0.4) is 0 Å². The van der Waals surface area contributed by atoms with Crippen molar-refractivity contribution in [1.29, 1.82) is 0 Å². The minimum Gasteiger partial charge on any atom is -0.505 e. The van der Waals surface area contributed by atoms with Crippen LogP contribution >= 0.6 is 0 Å². The first-order chi connectivity index (χ1) is 25.6. The molecule has 283 valence electrons. The van der Waals surface area contributed by atoms with Crippen LogP contribution in [0.2, 0.25) is 0 Å². The standard InChI is InChI=1S/C28H17N9O16S2.Na/c38-22-11-23(39)18(10-17(22)30-29-13-1-3-14(4-2-13)35(42)43)31-32-19-9-16(54(48,49)50)5-12-6-24(55(51,52)53)26(28(41)25(12)19)34-33-20-7-15(36(44)45)8-21(27(20)40)37(46)47;/h1-11,38-41H,(H,48,49,50)(H,51,52,53);. The molecule has 5 aromatic carbocycles. The van der Waals surface area contributed by atoms with E-state index in [9.17, 15) is 76.7 Å². The number of phenols is 4. The average molecular weight is 823 g/mol. The van der Waals surface area contributed by atoms with E-state index >= 15 is 0 Å². The van der Waals surface area contributed by atoms with Crippen LogP contribution in [0.1, 0.15) is 0 Å². The summed E-state index contributed by atoms with van der Waals surface area (Å²) >= 11 is 0. The van der Waals surface area contributed by atoms with Gasteiger partial charge in [-0.1, -0.05) is 0 Å². The fourth-order valence-corrected chi connectivity index (χ4v) is 5.74. The van der Waals surface area contributed by atoms with Crippen molar-refractivity contribution in [3.63, 3.8) is 0 Å². The molecule has 6 N–H and O–H groups in total. The Labute approximate surface area is 331 Å². The van der Waals surface area contributed by atoms with E-state index in [1.54, 1.807) is 0 Å². The largest absolute Gasteiger partial charge is 0.505 e. The first-order valence-corrected chi connectivity index (χ1v) is 17.0. The zero-order valence-electron chi connectivity index (χ0n) is 27.5. The molecule has 0 aliphatic heterocycles. The third kappa shape index (κ3) is 9.01. The number of rotatable bonds is 11. The Kier molecular flexibility index (Phi) is 12.0. The minimum absolute atomic E-state index is 0. The van der Waals surface area contributed by atoms with Crippen LogP contribution in [-0.2, 0) is 20.2 Å². The summed E-state index contributed by atoms with van der Waals surface area (Å²) in [7, 11) is -10.6. The van der Waals surface area contributed by atoms with Crippen molar-refractivity contribution in [2.24, 2.45) is 30.7 Å². The Hall–Kier alpha value is -6.62. The maximum absolute atomic E-state index is 12.4. The monoisotopic (exact) mass is 822 g/mol. The van der Waals surface area contributed by atoms with E-state index in [0.717, 1.165) is 24.3 Å². The molecule has 0 unspecified atom stereocenters. The van der Waals surface area contributed by atoms with Gasteiger partial charge in [0.1, 0.15) is 39.1 Å². The van der Waals surface area contributed by atoms with Crippen molar-refractivity contribution < 1.29 is 61.1 Å². The van der Waals surface area contributed by atoms with E-state index in [1.807, 2.05) is 0 Å². The molecule has 0 atom stereocenters. The molecule has 0 saturated carbocycles. The Balaban J connectivity index is 0.00000696. The Morgan fingerprint density at radius 3 is 1.62 bits per heavy atom. The molecule has 0 bridgehead atoms. The second kappa shape index (κ2) is 16.0. The summed E-state index contributed by atoms with van der Waals surface area (Å²) in [5, 5.41) is 96.6. The van der Waals surface area contributed by atoms with E-state index in [1.165, 1.54) is 12.1 Å². The van der Waals surface area contributed by atoms with Crippen LogP contribution in [0, 0.1) is 30.3 Å². The van der Waals surface area contributed by atoms with Gasteiger partial charge in [-0.25, -0.2) is 0 Å². The molecule has 0 heterocycles. The number of hydrogen-bond donors (Lipinski definition) is 6. The van der Waals surface area contributed by atoms with Crippen LogP contribution in [0.5, 0.6) is 23.0 Å². The molecule has 0 fully saturated rings. The van der Waals surface area contributed by atoms with E-state index in [-0.39, 0.29) is 46.6 Å². The Morgan fingerprint density at radius 1 is 0.536 bits per heavy atom. The number of fused-ring (bicyclic) bond motifs is 1. The summed E-state index contributed by atoms with van der Waals surface area (Å²) in [6, 6.07) is 9.02. The van der Waals surface area contributed by atoms with Crippen molar-refractivity contribution in [3.05, 3.63) is 97.1 Å². The molecule has 0 amide bonds. The quantitative estimate of drug-likeness (QED) is 0.0264. The summed E-state index contributed by atoms with van der Waals surface area (Å²) in [4.78, 5) is 28.3. The van der Waals surface area contributed by atoms with Gasteiger partial charge in [-0.3, -0.25) is 39.4 Å². The molecule has 0 saturated heterocycles. The van der Waals surface area contributed by atoms with Crippen LogP contribution in [0.4, 0.5) is 51.2 Å². The molecule has 5 rings (SSSR count). The Morgan fingerprint density at radius 2 is 1.09 bits per heavy atom. The first-order valence-electron chi connectivity index (χ1n) is 14.2. The number of aromatic hydroxyl groups is 4. The molecule has 56 heavy (non-hydrogen) atoms. The van der Waals surface area contributed by atoms with Gasteiger partial charge in [-0.2, -0.15) is 21.9 Å². The third-order valence-corrected chi connectivity index (χ3v) is 8.77. The summed E-state index contributed by atoms with van der Waals surface area (Å²) in [5.74, 6) is -3.95. The van der Waals surface area contributed by atoms with E-state index in [0.29, 0.717) is 30.3 Å². The molecule has 28 heteroatoms. The van der Waals surface area contributed by atoms with Gasteiger partial charge in [0.15, 0.2) is 5.75 Å². The zero-order valence-corrected chi connectivity index (χ0v) is 31.1. The molecule has 1 radical (unpaired) electrons. The number of benzene rings is 5. The molecule has 0 aliphatic rings. The van der Waals surface area contributed by atoms with E-state index < -0.39 is 113 Å². The van der Waals surface area contributed by atoms with Gasteiger partial charge < -0.3 is 20.4 Å². The van der Waals surface area contributed by atoms with Crippen LogP contribution < -0.4 is 0 Å². The maximum Gasteiger partial charge on any atom is 0.319 e. The number of nitro groups is 3. The van der Waals surface area contributed by atoms with Crippen molar-refractivity contribution in [3.8, 4) is 23.0 Å². The molecule has 25 nitrogen and oxygen atoms in total. The number of azo groups is 3.